The van der Waals surface area contributed by atoms with Gasteiger partial charge in [-0.3, -0.25) is 9.59 Å². The molecule has 0 rings (SSSR count). The van der Waals surface area contributed by atoms with Crippen molar-refractivity contribution in [2.75, 3.05) is 13.2 Å². The Morgan fingerprint density at radius 3 is 0.789 bits per heavy atom. The van der Waals surface area contributed by atoms with E-state index in [0.29, 0.717) is 25.9 Å². The second-order valence-electron chi connectivity index (χ2n) is 29.2. The van der Waals surface area contributed by atoms with Gasteiger partial charge >= 0.3 is 5.97 Å². The van der Waals surface area contributed by atoms with Crippen molar-refractivity contribution in [2.24, 2.45) is 0 Å². The minimum absolute atomic E-state index is 0.0241. The van der Waals surface area contributed by atoms with Gasteiger partial charge in [0.15, 0.2) is 0 Å². The van der Waals surface area contributed by atoms with Gasteiger partial charge in [0.2, 0.25) is 5.91 Å². The maximum absolute atomic E-state index is 12.6. The molecule has 1 amide bonds. The van der Waals surface area contributed by atoms with E-state index in [1.54, 1.807) is 0 Å². The van der Waals surface area contributed by atoms with E-state index in [9.17, 15) is 19.8 Å². The van der Waals surface area contributed by atoms with Gasteiger partial charge in [0, 0.05) is 12.8 Å². The Bertz CT molecular complexity index is 1370. The number of esters is 1. The highest BCUT2D eigenvalue weighted by molar-refractivity contribution is 5.76. The van der Waals surface area contributed by atoms with E-state index in [2.05, 4.69) is 31.3 Å². The van der Waals surface area contributed by atoms with Gasteiger partial charge in [-0.2, -0.15) is 0 Å². The number of hydrogen-bond donors (Lipinski definition) is 3. The maximum atomic E-state index is 12.6. The predicted molar refractivity (Wildman–Crippen MR) is 398 cm³/mol. The molecular weight excluding hydrogens is 1100 g/mol. The molecule has 2 unspecified atom stereocenters. The fourth-order valence-corrected chi connectivity index (χ4v) is 13.7. The molecule has 0 radical (unpaired) electrons. The topological polar surface area (TPSA) is 95.9 Å². The van der Waals surface area contributed by atoms with Gasteiger partial charge in [0.25, 0.3) is 0 Å². The molecule has 0 spiro atoms. The van der Waals surface area contributed by atoms with Gasteiger partial charge in [0.05, 0.1) is 25.4 Å². The average molecular weight is 1270 g/mol. The molecule has 0 aromatic carbocycles. The highest BCUT2D eigenvalue weighted by Crippen LogP contribution is 2.21. The van der Waals surface area contributed by atoms with Crippen molar-refractivity contribution in [1.29, 1.82) is 0 Å². The molecule has 0 aromatic rings. The normalized spacial score (nSPS) is 12.4. The standard InChI is InChI=1S/C84H165NO5/c1-3-5-7-9-11-13-15-17-19-21-23-24-34-37-41-44-48-52-56-60-64-68-72-76-82(87)81(80-86)85-83(88)77-73-69-65-61-57-53-49-45-42-38-35-32-30-28-26-25-27-29-31-33-36-39-43-47-51-55-59-63-67-71-75-79-90-84(89)78-74-70-66-62-58-54-50-46-40-22-20-18-16-14-12-10-8-6-4-2/h27,29,81-82,86-87H,3-26,28,30-80H2,1-2H3,(H,85,88)/b29-27-. The van der Waals surface area contributed by atoms with Crippen molar-refractivity contribution in [3.63, 3.8) is 0 Å². The summed E-state index contributed by atoms with van der Waals surface area (Å²) in [5.41, 5.74) is 0. The first-order chi connectivity index (χ1) is 44.5. The number of carbonyl (C=O) groups is 2. The molecule has 0 heterocycles. The van der Waals surface area contributed by atoms with Gasteiger partial charge in [-0.15, -0.1) is 0 Å². The van der Waals surface area contributed by atoms with Crippen LogP contribution in [0.1, 0.15) is 489 Å². The molecular formula is C84H165NO5. The van der Waals surface area contributed by atoms with E-state index in [0.717, 1.165) is 38.5 Å². The minimum atomic E-state index is -0.664. The van der Waals surface area contributed by atoms with E-state index in [4.69, 9.17) is 4.74 Å². The van der Waals surface area contributed by atoms with Crippen molar-refractivity contribution < 1.29 is 24.5 Å². The van der Waals surface area contributed by atoms with Crippen LogP contribution in [0.2, 0.25) is 0 Å². The Morgan fingerprint density at radius 1 is 0.300 bits per heavy atom. The lowest BCUT2D eigenvalue weighted by Crippen LogP contribution is -2.45. The van der Waals surface area contributed by atoms with Crippen molar-refractivity contribution >= 4 is 11.9 Å². The Labute approximate surface area is 565 Å². The molecule has 6 heteroatoms. The maximum Gasteiger partial charge on any atom is 0.305 e. The molecule has 90 heavy (non-hydrogen) atoms. The molecule has 0 aromatic heterocycles. The summed E-state index contributed by atoms with van der Waals surface area (Å²) in [4.78, 5) is 24.7. The summed E-state index contributed by atoms with van der Waals surface area (Å²) in [6, 6.07) is -0.541. The number of nitrogens with one attached hydrogen (secondary N) is 1. The van der Waals surface area contributed by atoms with Gasteiger partial charge in [-0.1, -0.05) is 437 Å². The van der Waals surface area contributed by atoms with Crippen LogP contribution < -0.4 is 5.32 Å². The molecule has 0 aliphatic heterocycles. The molecule has 2 atom stereocenters. The van der Waals surface area contributed by atoms with Crippen LogP contribution in [0.5, 0.6) is 0 Å². The van der Waals surface area contributed by atoms with Gasteiger partial charge in [-0.25, -0.2) is 0 Å². The fraction of sp³-hybridized carbons (Fsp3) is 0.952. The summed E-state index contributed by atoms with van der Waals surface area (Å²) in [5.74, 6) is -0.00254. The largest absolute Gasteiger partial charge is 0.466 e. The number of aliphatic hydroxyl groups is 2. The van der Waals surface area contributed by atoms with Gasteiger partial charge in [-0.05, 0) is 51.4 Å². The lowest BCUT2D eigenvalue weighted by Gasteiger charge is -2.22. The zero-order valence-corrected chi connectivity index (χ0v) is 61.7. The fourth-order valence-electron chi connectivity index (χ4n) is 13.7. The molecule has 536 valence electrons. The third-order valence-electron chi connectivity index (χ3n) is 20.1. The van der Waals surface area contributed by atoms with Crippen LogP contribution >= 0.6 is 0 Å². The zero-order chi connectivity index (χ0) is 64.9. The highest BCUT2D eigenvalue weighted by atomic mass is 16.5. The summed E-state index contributed by atoms with van der Waals surface area (Å²) >= 11 is 0. The molecule has 0 aliphatic rings. The molecule has 0 aliphatic carbocycles. The first-order valence-corrected chi connectivity index (χ1v) is 41.9. The highest BCUT2D eigenvalue weighted by Gasteiger charge is 2.20. The average Bonchev–Trinajstić information content (AvgIpc) is 3.55. The molecule has 0 bridgehead atoms. The molecule has 6 nitrogen and oxygen atoms in total. The van der Waals surface area contributed by atoms with Crippen molar-refractivity contribution in [3.8, 4) is 0 Å². The van der Waals surface area contributed by atoms with E-state index in [1.165, 1.54) is 417 Å². The number of carbonyl (C=O) groups excluding carboxylic acids is 2. The van der Waals surface area contributed by atoms with Crippen LogP contribution in [-0.2, 0) is 14.3 Å². The summed E-state index contributed by atoms with van der Waals surface area (Å²) in [6.45, 7) is 5.02. The summed E-state index contributed by atoms with van der Waals surface area (Å²) in [7, 11) is 0. The van der Waals surface area contributed by atoms with Gasteiger partial charge < -0.3 is 20.3 Å². The summed E-state index contributed by atoms with van der Waals surface area (Å²) in [6.07, 6.45) is 102. The number of amides is 1. The second-order valence-corrected chi connectivity index (χ2v) is 29.2. The van der Waals surface area contributed by atoms with Crippen LogP contribution in [0, 0.1) is 0 Å². The van der Waals surface area contributed by atoms with E-state index < -0.39 is 12.1 Å². The van der Waals surface area contributed by atoms with Crippen LogP contribution in [0.25, 0.3) is 0 Å². The Hall–Kier alpha value is -1.40. The van der Waals surface area contributed by atoms with E-state index in [1.807, 2.05) is 0 Å². The van der Waals surface area contributed by atoms with Crippen LogP contribution in [0.3, 0.4) is 0 Å². The SMILES string of the molecule is CCCCCCCCCCCCCCCCCCCCCCCCCC(O)C(CO)NC(=O)CCCCCCCCCCCCCCCCC/C=C\CCCCCCCCCCCCCCOC(=O)CCCCCCCCCCCCCCCCCCCCC. The Kier molecular flexibility index (Phi) is 78.8. The Balaban J connectivity index is 3.34. The van der Waals surface area contributed by atoms with E-state index >= 15 is 0 Å². The van der Waals surface area contributed by atoms with Crippen molar-refractivity contribution in [1.82, 2.24) is 5.32 Å². The third kappa shape index (κ3) is 75.6. The van der Waals surface area contributed by atoms with E-state index in [-0.39, 0.29) is 18.5 Å². The summed E-state index contributed by atoms with van der Waals surface area (Å²) < 4.78 is 5.52. The van der Waals surface area contributed by atoms with Crippen molar-refractivity contribution in [2.45, 2.75) is 501 Å². The number of rotatable bonds is 80. The first kappa shape index (κ1) is 88.6. The monoisotopic (exact) mass is 1270 g/mol. The number of ether oxygens (including phenoxy) is 1. The quantitative estimate of drug-likeness (QED) is 0.0320. The predicted octanol–water partition coefficient (Wildman–Crippen LogP) is 27.8. The zero-order valence-electron chi connectivity index (χ0n) is 61.7. The smallest absolute Gasteiger partial charge is 0.305 e. The number of hydrogen-bond acceptors (Lipinski definition) is 5. The second kappa shape index (κ2) is 80.0. The van der Waals surface area contributed by atoms with Crippen LogP contribution in [0.15, 0.2) is 12.2 Å². The minimum Gasteiger partial charge on any atom is -0.466 e. The molecule has 0 fully saturated rings. The van der Waals surface area contributed by atoms with Crippen LogP contribution in [0.4, 0.5) is 0 Å². The first-order valence-electron chi connectivity index (χ1n) is 41.9. The molecule has 0 saturated heterocycles. The lowest BCUT2D eigenvalue weighted by atomic mass is 10.0. The van der Waals surface area contributed by atoms with Gasteiger partial charge in [0.1, 0.15) is 0 Å². The number of unbranched alkanes of at least 4 members (excludes halogenated alkanes) is 67. The van der Waals surface area contributed by atoms with Crippen LogP contribution in [-0.4, -0.2) is 47.4 Å². The third-order valence-corrected chi connectivity index (χ3v) is 20.1. The number of allylic oxidation sites excluding steroid dienone is 2. The van der Waals surface area contributed by atoms with Crippen molar-refractivity contribution in [3.05, 3.63) is 12.2 Å². The molecule has 0 saturated carbocycles. The number of aliphatic hydroxyl groups excluding tert-OH is 2. The Morgan fingerprint density at radius 2 is 0.522 bits per heavy atom. The lowest BCUT2D eigenvalue weighted by molar-refractivity contribution is -0.143. The molecule has 3 N–H and O–H groups in total. The summed E-state index contributed by atoms with van der Waals surface area (Å²) in [5, 5.41) is 23.5.